The highest BCUT2D eigenvalue weighted by atomic mass is 35.5. The van der Waals surface area contributed by atoms with Crippen LogP contribution in [0.5, 0.6) is 0 Å². The topological polar surface area (TPSA) is 113 Å². The van der Waals surface area contributed by atoms with Gasteiger partial charge in [0.15, 0.2) is 11.6 Å². The number of hydrogen-bond donors (Lipinski definition) is 3. The second-order valence-electron chi connectivity index (χ2n) is 7.12. The van der Waals surface area contributed by atoms with Gasteiger partial charge in [-0.15, -0.1) is 5.10 Å². The number of aryl methyl sites for hydroxylation is 2. The number of carbonyl (C=O) groups is 1. The van der Waals surface area contributed by atoms with Gasteiger partial charge in [0.25, 0.3) is 5.91 Å². The van der Waals surface area contributed by atoms with Gasteiger partial charge >= 0.3 is 0 Å². The molecule has 30 heavy (non-hydrogen) atoms. The zero-order chi connectivity index (χ0) is 21.3. The number of aromatic amines is 1. The van der Waals surface area contributed by atoms with Gasteiger partial charge in [-0.3, -0.25) is 4.79 Å². The second kappa shape index (κ2) is 10.7. The molecule has 0 aliphatic rings. The standard InChI is InChI=1S/C20H27ClN8O/c1-3-4-10-22-18-17(24-20(21)25-18)19(30)23-11-5-12-29-16(26-27-28-29)13-15-8-6-14(2)7-9-15/h6-9,22H,3-5,10-13H2,1-2H3,(H,23,30)(H,24,25). The van der Waals surface area contributed by atoms with Gasteiger partial charge in [0.2, 0.25) is 5.28 Å². The molecule has 0 unspecified atom stereocenters. The summed E-state index contributed by atoms with van der Waals surface area (Å²) < 4.78 is 1.77. The Morgan fingerprint density at radius 2 is 2.00 bits per heavy atom. The van der Waals surface area contributed by atoms with Gasteiger partial charge in [-0.1, -0.05) is 43.2 Å². The Morgan fingerprint density at radius 1 is 1.20 bits per heavy atom. The van der Waals surface area contributed by atoms with Crippen LogP contribution in [0, 0.1) is 6.92 Å². The van der Waals surface area contributed by atoms with Crippen LogP contribution in [0.2, 0.25) is 5.28 Å². The third-order valence-electron chi connectivity index (χ3n) is 4.65. The molecule has 10 heteroatoms. The lowest BCUT2D eigenvalue weighted by Crippen LogP contribution is -2.27. The summed E-state index contributed by atoms with van der Waals surface area (Å²) in [5.74, 6) is 1.03. The van der Waals surface area contributed by atoms with E-state index in [1.54, 1.807) is 4.68 Å². The lowest BCUT2D eigenvalue weighted by Gasteiger charge is -2.08. The minimum atomic E-state index is -0.245. The summed E-state index contributed by atoms with van der Waals surface area (Å²) in [6, 6.07) is 8.31. The van der Waals surface area contributed by atoms with Crippen molar-refractivity contribution in [3.8, 4) is 0 Å². The highest BCUT2D eigenvalue weighted by Gasteiger charge is 2.16. The Bertz CT molecular complexity index is 950. The number of aromatic nitrogens is 6. The predicted octanol–water partition coefficient (Wildman–Crippen LogP) is 2.98. The fourth-order valence-electron chi connectivity index (χ4n) is 2.95. The molecule has 0 atom stereocenters. The first kappa shape index (κ1) is 21.8. The Balaban J connectivity index is 1.48. The lowest BCUT2D eigenvalue weighted by molar-refractivity contribution is 0.0949. The molecule has 0 radical (unpaired) electrons. The Hall–Kier alpha value is -2.94. The molecule has 0 spiro atoms. The summed E-state index contributed by atoms with van der Waals surface area (Å²) in [4.78, 5) is 19.4. The van der Waals surface area contributed by atoms with Gasteiger partial charge in [0.05, 0.1) is 0 Å². The maximum Gasteiger partial charge on any atom is 0.271 e. The molecule has 2 aromatic heterocycles. The molecular weight excluding hydrogens is 404 g/mol. The van der Waals surface area contributed by atoms with Crippen LogP contribution in [0.1, 0.15) is 53.6 Å². The normalized spacial score (nSPS) is 10.9. The third kappa shape index (κ3) is 6.03. The molecule has 0 aliphatic carbocycles. The van der Waals surface area contributed by atoms with Crippen LogP contribution in [0.15, 0.2) is 24.3 Å². The van der Waals surface area contributed by atoms with E-state index in [0.29, 0.717) is 37.4 Å². The number of amides is 1. The summed E-state index contributed by atoms with van der Waals surface area (Å²) in [5, 5.41) is 18.2. The van der Waals surface area contributed by atoms with Gasteiger partial charge < -0.3 is 15.6 Å². The molecule has 3 aromatic rings. The maximum atomic E-state index is 12.5. The van der Waals surface area contributed by atoms with Gasteiger partial charge in [-0.2, -0.15) is 0 Å². The van der Waals surface area contributed by atoms with Gasteiger partial charge in [-0.05, 0) is 47.4 Å². The molecule has 0 fully saturated rings. The van der Waals surface area contributed by atoms with Crippen molar-refractivity contribution in [3.05, 3.63) is 52.2 Å². The van der Waals surface area contributed by atoms with Crippen LogP contribution in [-0.2, 0) is 13.0 Å². The molecule has 0 saturated carbocycles. The number of hydrogen-bond acceptors (Lipinski definition) is 6. The van der Waals surface area contributed by atoms with E-state index in [2.05, 4.69) is 74.2 Å². The maximum absolute atomic E-state index is 12.5. The molecule has 3 N–H and O–H groups in total. The van der Waals surface area contributed by atoms with Gasteiger partial charge in [0.1, 0.15) is 5.69 Å². The van der Waals surface area contributed by atoms with Crippen LogP contribution in [0.25, 0.3) is 0 Å². The van der Waals surface area contributed by atoms with Crippen LogP contribution in [0.4, 0.5) is 5.82 Å². The smallest absolute Gasteiger partial charge is 0.271 e. The molecule has 0 aliphatic heterocycles. The summed E-state index contributed by atoms with van der Waals surface area (Å²) >= 11 is 5.93. The Labute approximate surface area is 180 Å². The van der Waals surface area contributed by atoms with Gasteiger partial charge in [-0.25, -0.2) is 9.67 Å². The molecule has 1 amide bonds. The van der Waals surface area contributed by atoms with Crippen LogP contribution < -0.4 is 10.6 Å². The lowest BCUT2D eigenvalue weighted by atomic mass is 10.1. The van der Waals surface area contributed by atoms with E-state index in [9.17, 15) is 4.79 Å². The minimum Gasteiger partial charge on any atom is -0.368 e. The number of imidazole rings is 1. The third-order valence-corrected chi connectivity index (χ3v) is 4.82. The fourth-order valence-corrected chi connectivity index (χ4v) is 3.13. The number of rotatable bonds is 11. The van der Waals surface area contributed by atoms with Crippen molar-refractivity contribution in [1.82, 2.24) is 35.5 Å². The highest BCUT2D eigenvalue weighted by molar-refractivity contribution is 6.28. The number of halogens is 1. The number of nitrogens with one attached hydrogen (secondary N) is 3. The summed E-state index contributed by atoms with van der Waals surface area (Å²) in [6.45, 7) is 5.99. The number of unbranched alkanes of at least 4 members (excludes halogenated alkanes) is 1. The molecule has 0 bridgehead atoms. The monoisotopic (exact) mass is 430 g/mol. The van der Waals surface area contributed by atoms with Crippen LogP contribution in [0.3, 0.4) is 0 Å². The van der Waals surface area contributed by atoms with Crippen molar-refractivity contribution in [2.24, 2.45) is 0 Å². The van der Waals surface area contributed by atoms with Crippen molar-refractivity contribution < 1.29 is 4.79 Å². The van der Waals surface area contributed by atoms with Crippen molar-refractivity contribution in [2.45, 2.75) is 46.1 Å². The Kier molecular flexibility index (Phi) is 7.78. The SMILES string of the molecule is CCCCNc1nc(Cl)[nH]c1C(=O)NCCCn1nnnc1Cc1ccc(C)cc1. The van der Waals surface area contributed by atoms with Crippen molar-refractivity contribution >= 4 is 23.3 Å². The molecule has 2 heterocycles. The molecule has 9 nitrogen and oxygen atoms in total. The number of carbonyl (C=O) groups excluding carboxylic acids is 1. The first-order chi connectivity index (χ1) is 14.6. The van der Waals surface area contributed by atoms with E-state index in [1.807, 2.05) is 0 Å². The number of anilines is 1. The van der Waals surface area contributed by atoms with E-state index in [0.717, 1.165) is 30.8 Å². The number of H-pyrrole nitrogens is 1. The first-order valence-corrected chi connectivity index (χ1v) is 10.5. The van der Waals surface area contributed by atoms with Crippen molar-refractivity contribution in [2.75, 3.05) is 18.4 Å². The number of benzene rings is 1. The zero-order valence-electron chi connectivity index (χ0n) is 17.3. The van der Waals surface area contributed by atoms with Crippen molar-refractivity contribution in [1.29, 1.82) is 0 Å². The van der Waals surface area contributed by atoms with Crippen LogP contribution >= 0.6 is 11.6 Å². The first-order valence-electron chi connectivity index (χ1n) is 10.1. The average molecular weight is 431 g/mol. The zero-order valence-corrected chi connectivity index (χ0v) is 18.0. The fraction of sp³-hybridized carbons (Fsp3) is 0.450. The largest absolute Gasteiger partial charge is 0.368 e. The quantitative estimate of drug-likeness (QED) is 0.403. The van der Waals surface area contributed by atoms with E-state index >= 15 is 0 Å². The van der Waals surface area contributed by atoms with E-state index in [4.69, 9.17) is 11.6 Å². The highest BCUT2D eigenvalue weighted by Crippen LogP contribution is 2.16. The summed E-state index contributed by atoms with van der Waals surface area (Å²) in [6.07, 6.45) is 3.40. The van der Waals surface area contributed by atoms with E-state index < -0.39 is 0 Å². The Morgan fingerprint density at radius 3 is 2.77 bits per heavy atom. The number of tetrazole rings is 1. The summed E-state index contributed by atoms with van der Waals surface area (Å²) in [7, 11) is 0. The second-order valence-corrected chi connectivity index (χ2v) is 7.48. The molecule has 160 valence electrons. The minimum absolute atomic E-state index is 0.189. The van der Waals surface area contributed by atoms with Crippen molar-refractivity contribution in [3.63, 3.8) is 0 Å². The predicted molar refractivity (Wildman–Crippen MR) is 116 cm³/mol. The van der Waals surface area contributed by atoms with E-state index in [-0.39, 0.29) is 11.2 Å². The number of nitrogens with zero attached hydrogens (tertiary/aromatic N) is 5. The average Bonchev–Trinajstić information content (AvgIpc) is 3.33. The van der Waals surface area contributed by atoms with Crippen LogP contribution in [-0.4, -0.2) is 49.2 Å². The van der Waals surface area contributed by atoms with E-state index in [1.165, 1.54) is 5.56 Å². The molecule has 1 aromatic carbocycles. The summed E-state index contributed by atoms with van der Waals surface area (Å²) in [5.41, 5.74) is 2.72. The van der Waals surface area contributed by atoms with Gasteiger partial charge in [0, 0.05) is 26.1 Å². The molecule has 0 saturated heterocycles. The molecular formula is C20H27ClN8O. The molecule has 3 rings (SSSR count).